The first-order valence-electron chi connectivity index (χ1n) is 18.3. The van der Waals surface area contributed by atoms with Gasteiger partial charge in [0.15, 0.2) is 13.9 Å². The van der Waals surface area contributed by atoms with E-state index in [9.17, 15) is 24.3 Å². The predicted molar refractivity (Wildman–Crippen MR) is 215 cm³/mol. The van der Waals surface area contributed by atoms with Crippen LogP contribution in [0.2, 0.25) is 18.6 Å². The second kappa shape index (κ2) is 15.3. The quantitative estimate of drug-likeness (QED) is 0.102. The lowest BCUT2D eigenvalue weighted by Gasteiger charge is -2.32. The van der Waals surface area contributed by atoms with Gasteiger partial charge in [-0.1, -0.05) is 83.5 Å². The number of aliphatic hydroxyl groups excluding tert-OH is 1. The molecule has 2 aliphatic rings. The molecule has 7 rings (SSSR count). The van der Waals surface area contributed by atoms with Crippen molar-refractivity contribution in [3.8, 4) is 0 Å². The third-order valence-corrected chi connectivity index (χ3v) is 13.8. The number of nitrogens with one attached hydrogen (secondary N) is 2. The largest absolute Gasteiger partial charge is 0.432 e. The summed E-state index contributed by atoms with van der Waals surface area (Å²) < 4.78 is 7.70. The lowest BCUT2D eigenvalue weighted by atomic mass is 9.82. The number of aliphatic hydroxyl groups is 1. The van der Waals surface area contributed by atoms with E-state index in [1.807, 2.05) is 123 Å². The number of ether oxygens (including phenoxy) is 1. The van der Waals surface area contributed by atoms with Crippen molar-refractivity contribution in [2.45, 2.75) is 63.2 Å². The normalized spacial score (nSPS) is 20.8. The van der Waals surface area contributed by atoms with Gasteiger partial charge < -0.3 is 34.7 Å². The average Bonchev–Trinajstić information content (AvgIpc) is 3.75. The van der Waals surface area contributed by atoms with Crippen LogP contribution in [0.15, 0.2) is 108 Å². The van der Waals surface area contributed by atoms with Gasteiger partial charge in [0.2, 0.25) is 11.8 Å². The number of benzene rings is 4. The monoisotopic (exact) mass is 808 g/mol. The molecule has 2 aliphatic heterocycles. The number of halogens is 1. The Morgan fingerprint density at radius 3 is 2.50 bits per heavy atom. The van der Waals surface area contributed by atoms with Crippen LogP contribution in [0.25, 0.3) is 10.9 Å². The summed E-state index contributed by atoms with van der Waals surface area (Å²) >= 11 is 3.61. The fourth-order valence-electron chi connectivity index (χ4n) is 8.51. The van der Waals surface area contributed by atoms with Gasteiger partial charge in [-0.15, -0.1) is 0 Å². The van der Waals surface area contributed by atoms with E-state index in [1.165, 1.54) is 0 Å². The van der Waals surface area contributed by atoms with Crippen LogP contribution in [0.4, 0.5) is 11.4 Å². The number of hydrogen-bond donors (Lipinski definition) is 4. The Labute approximate surface area is 324 Å². The van der Waals surface area contributed by atoms with Crippen molar-refractivity contribution < 1.29 is 29.0 Å². The highest BCUT2D eigenvalue weighted by atomic mass is 79.9. The maximum Gasteiger partial charge on any atom is 0.264 e. The molecule has 5 aromatic rings. The van der Waals surface area contributed by atoms with Crippen LogP contribution >= 0.6 is 15.9 Å². The summed E-state index contributed by atoms with van der Waals surface area (Å²) in [6.45, 7) is 6.11. The van der Waals surface area contributed by atoms with E-state index in [-0.39, 0.29) is 50.3 Å². The fourth-order valence-corrected chi connectivity index (χ4v) is 11.4. The standard InChI is InChI=1S/C42H45BrN4O6Si/c1-27-40(54(2,3)52)37(23-39(50)46(18-19-48)25-28-10-5-4-6-11-28)53-42(27)34-22-31(43)16-17-36(34)47(41(42)51)26-29-12-9-13-32(20-29)45-38(49)21-30-24-44-35-15-8-7-14-33(30)35/h4-17,20,22,24,27,37,40,44,48,52H,18-19,21,23,25-26H2,1-3H3,(H,45,49)/t27-,37+,40-,42+/m1/s1. The number of aromatic nitrogens is 1. The minimum absolute atomic E-state index is 0.0442. The summed E-state index contributed by atoms with van der Waals surface area (Å²) in [6, 6.07) is 30.6. The molecule has 12 heteroatoms. The van der Waals surface area contributed by atoms with E-state index in [1.54, 1.807) is 9.80 Å². The summed E-state index contributed by atoms with van der Waals surface area (Å²) in [7, 11) is -3.03. The van der Waals surface area contributed by atoms with Gasteiger partial charge in [0.25, 0.3) is 5.91 Å². The molecule has 0 unspecified atom stereocenters. The second-order valence-electron chi connectivity index (χ2n) is 14.9. The number of para-hydroxylation sites is 1. The second-order valence-corrected chi connectivity index (χ2v) is 19.8. The predicted octanol–water partition coefficient (Wildman–Crippen LogP) is 6.87. The highest BCUT2D eigenvalue weighted by molar-refractivity contribution is 9.10. The molecule has 0 radical (unpaired) electrons. The highest BCUT2D eigenvalue weighted by Gasteiger charge is 2.66. The molecule has 4 atom stereocenters. The summed E-state index contributed by atoms with van der Waals surface area (Å²) in [5.74, 6) is -1.08. The van der Waals surface area contributed by atoms with E-state index in [0.29, 0.717) is 23.5 Å². The third-order valence-electron chi connectivity index (χ3n) is 10.8. The van der Waals surface area contributed by atoms with Gasteiger partial charge in [0.05, 0.1) is 37.8 Å². The van der Waals surface area contributed by atoms with Crippen LogP contribution in [0.3, 0.4) is 0 Å². The summed E-state index contributed by atoms with van der Waals surface area (Å²) in [4.78, 5) is 60.3. The van der Waals surface area contributed by atoms with Gasteiger partial charge in [0.1, 0.15) is 0 Å². The summed E-state index contributed by atoms with van der Waals surface area (Å²) in [5, 5.41) is 13.9. The molecular weight excluding hydrogens is 764 g/mol. The molecule has 1 spiro atoms. The molecule has 4 N–H and O–H groups in total. The molecule has 3 heterocycles. The van der Waals surface area contributed by atoms with Crippen molar-refractivity contribution >= 4 is 64.2 Å². The van der Waals surface area contributed by atoms with Gasteiger partial charge in [-0.05, 0) is 66.2 Å². The molecule has 0 aliphatic carbocycles. The molecule has 54 heavy (non-hydrogen) atoms. The zero-order valence-corrected chi connectivity index (χ0v) is 33.2. The SMILES string of the molecule is C[C@@H]1[C@@H]([Si](C)(C)O)[C@H](CC(=O)N(CCO)Cc2ccccc2)O[C@@]12C(=O)N(Cc1cccc(NC(=O)Cc3c[nH]c4ccccc34)c1)c1ccc(Br)cc12. The van der Waals surface area contributed by atoms with Crippen molar-refractivity contribution in [1.29, 1.82) is 0 Å². The molecule has 1 aromatic heterocycles. The average molecular weight is 810 g/mol. The number of carbonyl (C=O) groups excluding carboxylic acids is 3. The molecular formula is C42H45BrN4O6Si. The van der Waals surface area contributed by atoms with Crippen molar-refractivity contribution in [1.82, 2.24) is 9.88 Å². The topological polar surface area (TPSA) is 135 Å². The molecule has 280 valence electrons. The van der Waals surface area contributed by atoms with Gasteiger partial charge >= 0.3 is 0 Å². The van der Waals surface area contributed by atoms with E-state index >= 15 is 0 Å². The van der Waals surface area contributed by atoms with Gasteiger partial charge in [-0.3, -0.25) is 14.4 Å². The van der Waals surface area contributed by atoms with Crippen LogP contribution in [0.5, 0.6) is 0 Å². The van der Waals surface area contributed by atoms with Gasteiger partial charge in [-0.2, -0.15) is 0 Å². The smallest absolute Gasteiger partial charge is 0.264 e. The first-order valence-corrected chi connectivity index (χ1v) is 22.1. The molecule has 4 aromatic carbocycles. The maximum atomic E-state index is 15.0. The minimum atomic E-state index is -3.03. The number of fused-ring (bicyclic) bond motifs is 3. The summed E-state index contributed by atoms with van der Waals surface area (Å²) in [5.41, 5.74) is 3.75. The van der Waals surface area contributed by atoms with Crippen molar-refractivity contribution in [2.24, 2.45) is 5.92 Å². The number of carbonyl (C=O) groups is 3. The number of anilines is 2. The molecule has 1 fully saturated rings. The van der Waals surface area contributed by atoms with Crippen LogP contribution in [0.1, 0.15) is 35.6 Å². The van der Waals surface area contributed by atoms with Gasteiger partial charge in [0, 0.05) is 57.4 Å². The number of aromatic amines is 1. The Bertz CT molecular complexity index is 2190. The summed E-state index contributed by atoms with van der Waals surface area (Å²) in [6.07, 6.45) is 1.29. The Balaban J connectivity index is 1.14. The number of rotatable bonds is 12. The highest BCUT2D eigenvalue weighted by Crippen LogP contribution is 2.60. The fraction of sp³-hybridized carbons (Fsp3) is 0.310. The van der Waals surface area contributed by atoms with Crippen LogP contribution < -0.4 is 10.2 Å². The zero-order chi connectivity index (χ0) is 38.2. The van der Waals surface area contributed by atoms with Crippen molar-refractivity contribution in [2.75, 3.05) is 23.4 Å². The van der Waals surface area contributed by atoms with E-state index < -0.39 is 31.5 Å². The lowest BCUT2D eigenvalue weighted by Crippen LogP contribution is -2.46. The zero-order valence-electron chi connectivity index (χ0n) is 30.6. The maximum absolute atomic E-state index is 15.0. The number of nitrogens with zero attached hydrogens (tertiary/aromatic N) is 2. The number of hydrogen-bond acceptors (Lipinski definition) is 6. The first-order chi connectivity index (χ1) is 25.9. The van der Waals surface area contributed by atoms with E-state index in [4.69, 9.17) is 4.74 Å². The van der Waals surface area contributed by atoms with E-state index in [2.05, 4.69) is 26.2 Å². The first kappa shape index (κ1) is 37.7. The van der Waals surface area contributed by atoms with Crippen molar-refractivity contribution in [3.63, 3.8) is 0 Å². The molecule has 3 amide bonds. The molecule has 1 saturated heterocycles. The Morgan fingerprint density at radius 2 is 1.74 bits per heavy atom. The molecule has 0 saturated carbocycles. The van der Waals surface area contributed by atoms with Crippen LogP contribution in [0, 0.1) is 5.92 Å². The molecule has 10 nitrogen and oxygen atoms in total. The van der Waals surface area contributed by atoms with Crippen LogP contribution in [-0.4, -0.2) is 65.1 Å². The number of amides is 3. The Kier molecular flexibility index (Phi) is 10.7. The lowest BCUT2D eigenvalue weighted by molar-refractivity contribution is -0.150. The van der Waals surface area contributed by atoms with Crippen LogP contribution in [-0.2, 0) is 44.2 Å². The minimum Gasteiger partial charge on any atom is -0.432 e. The van der Waals surface area contributed by atoms with Gasteiger partial charge in [-0.25, -0.2) is 0 Å². The van der Waals surface area contributed by atoms with Crippen molar-refractivity contribution in [3.05, 3.63) is 130 Å². The number of H-pyrrole nitrogens is 1. The Hall–Kier alpha value is -4.59. The van der Waals surface area contributed by atoms with E-state index in [0.717, 1.165) is 32.1 Å². The Morgan fingerprint density at radius 1 is 1.00 bits per heavy atom. The molecule has 0 bridgehead atoms. The third kappa shape index (κ3) is 7.28.